The lowest BCUT2D eigenvalue weighted by molar-refractivity contribution is 0.00253. The average Bonchev–Trinajstić information content (AvgIpc) is 2.63. The van der Waals surface area contributed by atoms with E-state index in [1.54, 1.807) is 24.3 Å². The summed E-state index contributed by atoms with van der Waals surface area (Å²) >= 11 is 0. The summed E-state index contributed by atoms with van der Waals surface area (Å²) in [6.07, 6.45) is 1.55. The highest BCUT2D eigenvalue weighted by molar-refractivity contribution is 5.95. The minimum Gasteiger partial charge on any atom is -0.373 e. The Labute approximate surface area is 147 Å². The lowest BCUT2D eigenvalue weighted by Crippen LogP contribution is -2.42. The van der Waals surface area contributed by atoms with E-state index in [1.807, 2.05) is 30.3 Å². The zero-order valence-corrected chi connectivity index (χ0v) is 14.2. The van der Waals surface area contributed by atoms with Crippen molar-refractivity contribution in [2.45, 2.75) is 31.9 Å². The molecule has 0 bridgehead atoms. The molecule has 1 heterocycles. The number of hydrogen-bond acceptors (Lipinski definition) is 3. The number of ketones is 1. The Bertz CT molecular complexity index is 728. The monoisotopic (exact) mass is 338 g/mol. The molecule has 25 heavy (non-hydrogen) atoms. The summed E-state index contributed by atoms with van der Waals surface area (Å²) in [6, 6.07) is 16.8. The van der Waals surface area contributed by atoms with E-state index in [4.69, 9.17) is 4.74 Å². The van der Waals surface area contributed by atoms with Crippen LogP contribution in [0.4, 0.5) is 10.5 Å². The normalized spacial score (nSPS) is 19.9. The predicted octanol–water partition coefficient (Wildman–Crippen LogP) is 3.93. The first-order valence-electron chi connectivity index (χ1n) is 8.47. The van der Waals surface area contributed by atoms with Crippen LogP contribution in [0.3, 0.4) is 0 Å². The number of ether oxygens (including phenoxy) is 1. The quantitative estimate of drug-likeness (QED) is 0.830. The zero-order valence-electron chi connectivity index (χ0n) is 14.2. The summed E-state index contributed by atoms with van der Waals surface area (Å²) in [6.45, 7) is 2.14. The van der Waals surface area contributed by atoms with Crippen molar-refractivity contribution in [1.29, 1.82) is 0 Å². The summed E-state index contributed by atoms with van der Waals surface area (Å²) in [4.78, 5) is 23.5. The molecule has 2 N–H and O–H groups in total. The van der Waals surface area contributed by atoms with E-state index in [-0.39, 0.29) is 24.0 Å². The molecule has 2 aromatic carbocycles. The molecular weight excluding hydrogens is 316 g/mol. The maximum absolute atomic E-state index is 12.2. The van der Waals surface area contributed by atoms with Crippen molar-refractivity contribution in [1.82, 2.24) is 5.32 Å². The third-order valence-corrected chi connectivity index (χ3v) is 4.34. The van der Waals surface area contributed by atoms with Crippen LogP contribution in [0.15, 0.2) is 54.6 Å². The van der Waals surface area contributed by atoms with Gasteiger partial charge in [-0.15, -0.1) is 0 Å². The van der Waals surface area contributed by atoms with Gasteiger partial charge in [0.1, 0.15) is 0 Å². The van der Waals surface area contributed by atoms with Crippen LogP contribution in [0.1, 0.15) is 41.8 Å². The van der Waals surface area contributed by atoms with E-state index in [0.717, 1.165) is 18.4 Å². The van der Waals surface area contributed by atoms with Gasteiger partial charge in [-0.1, -0.05) is 30.3 Å². The van der Waals surface area contributed by atoms with E-state index >= 15 is 0 Å². The van der Waals surface area contributed by atoms with Gasteiger partial charge in [-0.2, -0.15) is 0 Å². The molecule has 2 aromatic rings. The molecule has 2 atom stereocenters. The molecule has 5 nitrogen and oxygen atoms in total. The highest BCUT2D eigenvalue weighted by Gasteiger charge is 2.25. The van der Waals surface area contributed by atoms with Gasteiger partial charge in [0.25, 0.3) is 0 Å². The van der Waals surface area contributed by atoms with Crippen molar-refractivity contribution in [3.63, 3.8) is 0 Å². The fourth-order valence-corrected chi connectivity index (χ4v) is 2.97. The Morgan fingerprint density at radius 2 is 1.76 bits per heavy atom. The van der Waals surface area contributed by atoms with Gasteiger partial charge >= 0.3 is 6.03 Å². The van der Waals surface area contributed by atoms with Crippen molar-refractivity contribution < 1.29 is 14.3 Å². The van der Waals surface area contributed by atoms with E-state index in [9.17, 15) is 9.59 Å². The molecule has 2 amide bonds. The first-order chi connectivity index (χ1) is 12.1. The number of carbonyl (C=O) groups excluding carboxylic acids is 2. The first-order valence-corrected chi connectivity index (χ1v) is 8.47. The van der Waals surface area contributed by atoms with Gasteiger partial charge in [-0.25, -0.2) is 4.79 Å². The number of hydrogen-bond donors (Lipinski definition) is 2. The standard InChI is InChI=1S/C20H22N2O3/c1-14(23)15-7-9-17(10-8-15)21-20(24)22-18-11-12-25-19(13-18)16-5-3-2-4-6-16/h2-10,18-19H,11-13H2,1H3,(H2,21,22,24)/t18-,19-/m1/s1. The third kappa shape index (κ3) is 4.67. The molecule has 1 saturated heterocycles. The summed E-state index contributed by atoms with van der Waals surface area (Å²) in [7, 11) is 0. The van der Waals surface area contributed by atoms with Crippen LogP contribution >= 0.6 is 0 Å². The van der Waals surface area contributed by atoms with Crippen LogP contribution in [-0.4, -0.2) is 24.5 Å². The highest BCUT2D eigenvalue weighted by Crippen LogP contribution is 2.27. The average molecular weight is 338 g/mol. The predicted molar refractivity (Wildman–Crippen MR) is 96.8 cm³/mol. The van der Waals surface area contributed by atoms with E-state index in [0.29, 0.717) is 17.9 Å². The van der Waals surface area contributed by atoms with E-state index in [1.165, 1.54) is 6.92 Å². The Balaban J connectivity index is 1.54. The lowest BCUT2D eigenvalue weighted by Gasteiger charge is -2.30. The summed E-state index contributed by atoms with van der Waals surface area (Å²) in [5, 5.41) is 5.82. The second-order valence-corrected chi connectivity index (χ2v) is 6.22. The number of benzene rings is 2. The molecule has 1 aliphatic heterocycles. The maximum Gasteiger partial charge on any atom is 0.319 e. The Hall–Kier alpha value is -2.66. The zero-order chi connectivity index (χ0) is 17.6. The number of Topliss-reactive ketones (excluding diaryl/α,β-unsaturated/α-hetero) is 1. The smallest absolute Gasteiger partial charge is 0.319 e. The minimum absolute atomic E-state index is 0.00478. The molecule has 130 valence electrons. The number of rotatable bonds is 4. The molecule has 5 heteroatoms. The van der Waals surface area contributed by atoms with Crippen molar-refractivity contribution in [3.05, 3.63) is 65.7 Å². The SMILES string of the molecule is CC(=O)c1ccc(NC(=O)N[C@@H]2CCO[C@@H](c3ccccc3)C2)cc1. The summed E-state index contributed by atoms with van der Waals surface area (Å²) in [5.74, 6) is 0.00478. The molecule has 3 rings (SSSR count). The van der Waals surface area contributed by atoms with Gasteiger partial charge in [0.15, 0.2) is 5.78 Å². The van der Waals surface area contributed by atoms with E-state index in [2.05, 4.69) is 10.6 Å². The summed E-state index contributed by atoms with van der Waals surface area (Å²) in [5.41, 5.74) is 2.42. The van der Waals surface area contributed by atoms with Crippen LogP contribution in [0, 0.1) is 0 Å². The number of urea groups is 1. The molecule has 1 fully saturated rings. The Morgan fingerprint density at radius 3 is 2.44 bits per heavy atom. The molecule has 0 spiro atoms. The molecular formula is C20H22N2O3. The van der Waals surface area contributed by atoms with Crippen molar-refractivity contribution >= 4 is 17.5 Å². The molecule has 0 unspecified atom stereocenters. The second-order valence-electron chi connectivity index (χ2n) is 6.22. The van der Waals surface area contributed by atoms with Crippen LogP contribution < -0.4 is 10.6 Å². The third-order valence-electron chi connectivity index (χ3n) is 4.34. The van der Waals surface area contributed by atoms with Gasteiger partial charge in [0.05, 0.1) is 6.10 Å². The molecule has 0 radical (unpaired) electrons. The fourth-order valence-electron chi connectivity index (χ4n) is 2.97. The number of carbonyl (C=O) groups is 2. The lowest BCUT2D eigenvalue weighted by atomic mass is 9.97. The van der Waals surface area contributed by atoms with Gasteiger partial charge in [-0.3, -0.25) is 4.79 Å². The van der Waals surface area contributed by atoms with Crippen LogP contribution in [0.5, 0.6) is 0 Å². The van der Waals surface area contributed by atoms with Crippen LogP contribution in [-0.2, 0) is 4.74 Å². The minimum atomic E-state index is -0.241. The molecule has 0 aliphatic carbocycles. The largest absolute Gasteiger partial charge is 0.373 e. The van der Waals surface area contributed by atoms with Gasteiger partial charge < -0.3 is 15.4 Å². The van der Waals surface area contributed by atoms with Crippen LogP contribution in [0.2, 0.25) is 0 Å². The topological polar surface area (TPSA) is 67.4 Å². The number of amides is 2. The van der Waals surface area contributed by atoms with Gasteiger partial charge in [0, 0.05) is 23.9 Å². The van der Waals surface area contributed by atoms with Crippen LogP contribution in [0.25, 0.3) is 0 Å². The Kier molecular flexibility index (Phi) is 5.46. The molecule has 0 aromatic heterocycles. The van der Waals surface area contributed by atoms with Crippen molar-refractivity contribution in [2.75, 3.05) is 11.9 Å². The van der Waals surface area contributed by atoms with E-state index < -0.39 is 0 Å². The first kappa shape index (κ1) is 17.2. The van der Waals surface area contributed by atoms with Gasteiger partial charge in [0.2, 0.25) is 0 Å². The Morgan fingerprint density at radius 1 is 1.04 bits per heavy atom. The maximum atomic E-state index is 12.2. The van der Waals surface area contributed by atoms with Gasteiger partial charge in [-0.05, 0) is 49.6 Å². The fraction of sp³-hybridized carbons (Fsp3) is 0.300. The van der Waals surface area contributed by atoms with Crippen molar-refractivity contribution in [3.8, 4) is 0 Å². The highest BCUT2D eigenvalue weighted by atomic mass is 16.5. The molecule has 0 saturated carbocycles. The molecule has 1 aliphatic rings. The number of anilines is 1. The number of nitrogens with one attached hydrogen (secondary N) is 2. The summed E-state index contributed by atoms with van der Waals surface area (Å²) < 4.78 is 5.83. The second kappa shape index (κ2) is 7.94. The van der Waals surface area contributed by atoms with Crippen molar-refractivity contribution in [2.24, 2.45) is 0 Å².